The Morgan fingerprint density at radius 3 is 2.50 bits per heavy atom. The van der Waals surface area contributed by atoms with Crippen LogP contribution < -0.4 is 10.2 Å². The fraction of sp³-hybridized carbons (Fsp3) is 0.647. The minimum Gasteiger partial charge on any atom is -0.371 e. The van der Waals surface area contributed by atoms with E-state index in [1.807, 2.05) is 7.05 Å². The number of hydrogen-bond acceptors (Lipinski definition) is 3. The van der Waals surface area contributed by atoms with E-state index in [9.17, 15) is 0 Å². The normalized spacial score (nSPS) is 16.9. The molecule has 0 saturated carbocycles. The molecule has 1 aliphatic heterocycles. The van der Waals surface area contributed by atoms with Gasteiger partial charge in [-0.15, -0.1) is 0 Å². The van der Waals surface area contributed by atoms with Gasteiger partial charge in [0.2, 0.25) is 0 Å². The quantitative estimate of drug-likeness (QED) is 0.891. The number of nitrogens with zero attached hydrogens (tertiary/aromatic N) is 2. The van der Waals surface area contributed by atoms with E-state index in [-0.39, 0.29) is 0 Å². The molecule has 3 nitrogen and oxygen atoms in total. The standard InChI is InChI=1S/C17H29N3/c1-14-11-16(12-18-2)5-6-17(14)20-9-7-15(8-10-20)13-19(3)4/h5-6,11,15,18H,7-10,12-13H2,1-4H3. The van der Waals surface area contributed by atoms with Gasteiger partial charge in [-0.25, -0.2) is 0 Å². The van der Waals surface area contributed by atoms with E-state index in [1.54, 1.807) is 0 Å². The van der Waals surface area contributed by atoms with Crippen molar-refractivity contribution in [2.24, 2.45) is 5.92 Å². The van der Waals surface area contributed by atoms with Gasteiger partial charge in [0.15, 0.2) is 0 Å². The minimum atomic E-state index is 0.866. The Morgan fingerprint density at radius 2 is 1.95 bits per heavy atom. The molecule has 0 spiro atoms. The van der Waals surface area contributed by atoms with Crippen molar-refractivity contribution in [2.75, 3.05) is 45.7 Å². The minimum absolute atomic E-state index is 0.866. The highest BCUT2D eigenvalue weighted by Crippen LogP contribution is 2.27. The molecule has 1 saturated heterocycles. The molecule has 0 amide bonds. The fourth-order valence-corrected chi connectivity index (χ4v) is 3.26. The summed E-state index contributed by atoms with van der Waals surface area (Å²) < 4.78 is 0. The second-order valence-electron chi connectivity index (χ2n) is 6.34. The number of benzene rings is 1. The predicted molar refractivity (Wildman–Crippen MR) is 87.4 cm³/mol. The van der Waals surface area contributed by atoms with Gasteiger partial charge < -0.3 is 15.1 Å². The summed E-state index contributed by atoms with van der Waals surface area (Å²) >= 11 is 0. The maximum Gasteiger partial charge on any atom is 0.0396 e. The number of piperidine rings is 1. The lowest BCUT2D eigenvalue weighted by molar-refractivity contribution is 0.285. The largest absolute Gasteiger partial charge is 0.371 e. The SMILES string of the molecule is CNCc1ccc(N2CCC(CN(C)C)CC2)c(C)c1. The molecule has 1 N–H and O–H groups in total. The summed E-state index contributed by atoms with van der Waals surface area (Å²) in [7, 11) is 6.35. The molecular formula is C17H29N3. The first kappa shape index (κ1) is 15.3. The Kier molecular flexibility index (Phi) is 5.44. The van der Waals surface area contributed by atoms with E-state index in [1.165, 1.54) is 49.3 Å². The predicted octanol–water partition coefficient (Wildman–Crippen LogP) is 2.49. The summed E-state index contributed by atoms with van der Waals surface area (Å²) in [5, 5.41) is 3.22. The number of nitrogens with one attached hydrogen (secondary N) is 1. The van der Waals surface area contributed by atoms with Crippen molar-refractivity contribution in [3.63, 3.8) is 0 Å². The molecule has 20 heavy (non-hydrogen) atoms. The van der Waals surface area contributed by atoms with Crippen LogP contribution in [0.1, 0.15) is 24.0 Å². The van der Waals surface area contributed by atoms with Gasteiger partial charge in [-0.05, 0) is 64.0 Å². The van der Waals surface area contributed by atoms with Gasteiger partial charge in [0, 0.05) is 31.9 Å². The van der Waals surface area contributed by atoms with Crippen molar-refractivity contribution >= 4 is 5.69 Å². The second kappa shape index (κ2) is 7.09. The zero-order valence-electron chi connectivity index (χ0n) is 13.4. The molecule has 0 radical (unpaired) electrons. The molecule has 0 unspecified atom stereocenters. The number of anilines is 1. The van der Waals surface area contributed by atoms with Crippen LogP contribution in [-0.2, 0) is 6.54 Å². The number of hydrogen-bond donors (Lipinski definition) is 1. The maximum absolute atomic E-state index is 3.22. The topological polar surface area (TPSA) is 18.5 Å². The zero-order chi connectivity index (χ0) is 14.5. The first-order valence-corrected chi connectivity index (χ1v) is 7.74. The van der Waals surface area contributed by atoms with E-state index >= 15 is 0 Å². The van der Waals surface area contributed by atoms with E-state index in [4.69, 9.17) is 0 Å². The molecule has 1 aromatic carbocycles. The first-order valence-electron chi connectivity index (χ1n) is 7.74. The van der Waals surface area contributed by atoms with Gasteiger partial charge in [0.05, 0.1) is 0 Å². The third-order valence-electron chi connectivity index (χ3n) is 4.22. The van der Waals surface area contributed by atoms with Crippen molar-refractivity contribution in [2.45, 2.75) is 26.3 Å². The van der Waals surface area contributed by atoms with Crippen LogP contribution >= 0.6 is 0 Å². The van der Waals surface area contributed by atoms with Crippen LogP contribution in [0.15, 0.2) is 18.2 Å². The highest BCUT2D eigenvalue weighted by Gasteiger charge is 2.20. The Bertz CT molecular complexity index is 420. The van der Waals surface area contributed by atoms with Crippen molar-refractivity contribution < 1.29 is 0 Å². The average Bonchev–Trinajstić information content (AvgIpc) is 2.40. The monoisotopic (exact) mass is 275 g/mol. The van der Waals surface area contributed by atoms with E-state index in [0.717, 1.165) is 12.5 Å². The highest BCUT2D eigenvalue weighted by atomic mass is 15.1. The van der Waals surface area contributed by atoms with Crippen molar-refractivity contribution in [1.29, 1.82) is 0 Å². The third kappa shape index (κ3) is 3.97. The lowest BCUT2D eigenvalue weighted by atomic mass is 9.95. The van der Waals surface area contributed by atoms with Crippen LogP contribution in [0.3, 0.4) is 0 Å². The number of aryl methyl sites for hydroxylation is 1. The molecule has 0 atom stereocenters. The highest BCUT2D eigenvalue weighted by molar-refractivity contribution is 5.54. The van der Waals surface area contributed by atoms with Gasteiger partial charge in [0.1, 0.15) is 0 Å². The smallest absolute Gasteiger partial charge is 0.0396 e. The van der Waals surface area contributed by atoms with Crippen molar-refractivity contribution in [1.82, 2.24) is 10.2 Å². The van der Waals surface area contributed by atoms with Gasteiger partial charge in [-0.2, -0.15) is 0 Å². The molecule has 1 aromatic rings. The van der Waals surface area contributed by atoms with Crippen molar-refractivity contribution in [3.05, 3.63) is 29.3 Å². The maximum atomic E-state index is 3.22. The van der Waals surface area contributed by atoms with Crippen LogP contribution in [0.2, 0.25) is 0 Å². The molecule has 1 fully saturated rings. The Labute approximate surface area is 124 Å². The van der Waals surface area contributed by atoms with Crippen LogP contribution in [0.25, 0.3) is 0 Å². The summed E-state index contributed by atoms with van der Waals surface area (Å²) in [5.74, 6) is 0.866. The summed E-state index contributed by atoms with van der Waals surface area (Å²) in [5.41, 5.74) is 4.20. The molecule has 1 aliphatic rings. The summed E-state index contributed by atoms with van der Waals surface area (Å²) in [4.78, 5) is 4.88. The van der Waals surface area contributed by atoms with E-state index in [0.29, 0.717) is 0 Å². The summed E-state index contributed by atoms with van der Waals surface area (Å²) in [6, 6.07) is 6.87. The molecule has 112 valence electrons. The molecule has 3 heteroatoms. The molecule has 0 aromatic heterocycles. The lowest BCUT2D eigenvalue weighted by Crippen LogP contribution is -2.37. The van der Waals surface area contributed by atoms with Gasteiger partial charge in [-0.3, -0.25) is 0 Å². The Balaban J connectivity index is 1.96. The Morgan fingerprint density at radius 1 is 1.25 bits per heavy atom. The first-order chi connectivity index (χ1) is 9.60. The van der Waals surface area contributed by atoms with Crippen LogP contribution in [0, 0.1) is 12.8 Å². The second-order valence-corrected chi connectivity index (χ2v) is 6.34. The molecule has 1 heterocycles. The Hall–Kier alpha value is -1.06. The van der Waals surface area contributed by atoms with Crippen LogP contribution in [0.4, 0.5) is 5.69 Å². The summed E-state index contributed by atoms with van der Waals surface area (Å²) in [6.07, 6.45) is 2.63. The molecular weight excluding hydrogens is 246 g/mol. The zero-order valence-corrected chi connectivity index (χ0v) is 13.4. The van der Waals surface area contributed by atoms with Crippen LogP contribution in [0.5, 0.6) is 0 Å². The average molecular weight is 275 g/mol. The lowest BCUT2D eigenvalue weighted by Gasteiger charge is -2.35. The third-order valence-corrected chi connectivity index (χ3v) is 4.22. The molecule has 2 rings (SSSR count). The number of rotatable bonds is 5. The van der Waals surface area contributed by atoms with Crippen molar-refractivity contribution in [3.8, 4) is 0 Å². The van der Waals surface area contributed by atoms with E-state index < -0.39 is 0 Å². The summed E-state index contributed by atoms with van der Waals surface area (Å²) in [6.45, 7) is 6.82. The van der Waals surface area contributed by atoms with Gasteiger partial charge in [0.25, 0.3) is 0 Å². The molecule has 0 bridgehead atoms. The van der Waals surface area contributed by atoms with Gasteiger partial charge in [-0.1, -0.05) is 12.1 Å². The van der Waals surface area contributed by atoms with E-state index in [2.05, 4.69) is 54.3 Å². The van der Waals surface area contributed by atoms with Gasteiger partial charge >= 0.3 is 0 Å². The fourth-order valence-electron chi connectivity index (χ4n) is 3.26. The molecule has 0 aliphatic carbocycles. The van der Waals surface area contributed by atoms with Crippen LogP contribution in [-0.4, -0.2) is 45.7 Å².